The van der Waals surface area contributed by atoms with E-state index in [1.165, 1.54) is 12.1 Å². The number of nitrogens with two attached hydrogens (primary N) is 1. The van der Waals surface area contributed by atoms with Gasteiger partial charge in [0.15, 0.2) is 0 Å². The van der Waals surface area contributed by atoms with Crippen LogP contribution in [-0.2, 0) is 0 Å². The van der Waals surface area contributed by atoms with Crippen LogP contribution in [0.1, 0.15) is 0 Å². The van der Waals surface area contributed by atoms with Crippen LogP contribution in [0.4, 0.5) is 21.5 Å². The first-order valence-corrected chi connectivity index (χ1v) is 6.38. The molecule has 3 aromatic rings. The van der Waals surface area contributed by atoms with Crippen molar-refractivity contribution in [2.75, 3.05) is 11.1 Å². The predicted octanol–water partition coefficient (Wildman–Crippen LogP) is 4.35. The molecule has 0 spiro atoms. The van der Waals surface area contributed by atoms with E-state index in [9.17, 15) is 4.39 Å². The van der Waals surface area contributed by atoms with Crippen LogP contribution >= 0.6 is 11.6 Å². The first-order chi connectivity index (χ1) is 9.65. The maximum atomic E-state index is 13.2. The highest BCUT2D eigenvalue weighted by Gasteiger charge is 2.06. The average molecular weight is 288 g/mol. The van der Waals surface area contributed by atoms with E-state index in [0.717, 1.165) is 16.6 Å². The number of benzene rings is 2. The smallest absolute Gasteiger partial charge is 0.141 e. The highest BCUT2D eigenvalue weighted by molar-refractivity contribution is 6.31. The van der Waals surface area contributed by atoms with Crippen molar-refractivity contribution in [3.05, 3.63) is 59.5 Å². The third kappa shape index (κ3) is 2.26. The Morgan fingerprint density at radius 1 is 1.15 bits per heavy atom. The minimum Gasteiger partial charge on any atom is -0.397 e. The number of nitrogens with zero attached hydrogens (tertiary/aromatic N) is 1. The minimum atomic E-state index is -0.443. The van der Waals surface area contributed by atoms with E-state index in [1.54, 1.807) is 18.3 Å². The Bertz CT molecular complexity index is 789. The lowest BCUT2D eigenvalue weighted by molar-refractivity contribution is 0.628. The zero-order valence-corrected chi connectivity index (χ0v) is 11.2. The highest BCUT2D eigenvalue weighted by Crippen LogP contribution is 2.30. The van der Waals surface area contributed by atoms with Gasteiger partial charge in [0.2, 0.25) is 0 Å². The van der Waals surface area contributed by atoms with Gasteiger partial charge in [-0.3, -0.25) is 4.98 Å². The Morgan fingerprint density at radius 3 is 2.80 bits per heavy atom. The zero-order chi connectivity index (χ0) is 14.1. The number of anilines is 3. The van der Waals surface area contributed by atoms with Crippen LogP contribution < -0.4 is 11.1 Å². The average Bonchev–Trinajstić information content (AvgIpc) is 2.46. The molecule has 100 valence electrons. The van der Waals surface area contributed by atoms with Gasteiger partial charge in [-0.05, 0) is 42.5 Å². The topological polar surface area (TPSA) is 50.9 Å². The predicted molar refractivity (Wildman–Crippen MR) is 80.8 cm³/mol. The molecule has 1 heterocycles. The summed E-state index contributed by atoms with van der Waals surface area (Å²) < 4.78 is 13.2. The summed E-state index contributed by atoms with van der Waals surface area (Å²) >= 11 is 5.78. The largest absolute Gasteiger partial charge is 0.397 e. The number of halogens is 2. The molecule has 0 saturated heterocycles. The molecule has 0 radical (unpaired) electrons. The van der Waals surface area contributed by atoms with Crippen LogP contribution in [0.3, 0.4) is 0 Å². The van der Waals surface area contributed by atoms with Gasteiger partial charge >= 0.3 is 0 Å². The molecule has 3 nitrogen and oxygen atoms in total. The van der Waals surface area contributed by atoms with E-state index in [1.807, 2.05) is 18.2 Å². The number of hydrogen-bond donors (Lipinski definition) is 2. The SMILES string of the molecule is Nc1ccc(Nc2ccc(F)c(Cl)c2)c2cccnc12. The molecule has 0 atom stereocenters. The van der Waals surface area contributed by atoms with Crippen molar-refractivity contribution in [1.82, 2.24) is 4.98 Å². The van der Waals surface area contributed by atoms with Gasteiger partial charge in [0, 0.05) is 23.0 Å². The van der Waals surface area contributed by atoms with E-state index >= 15 is 0 Å². The lowest BCUT2D eigenvalue weighted by atomic mass is 10.1. The van der Waals surface area contributed by atoms with Crippen LogP contribution in [-0.4, -0.2) is 4.98 Å². The van der Waals surface area contributed by atoms with Gasteiger partial charge in [0.25, 0.3) is 0 Å². The molecule has 0 aliphatic heterocycles. The van der Waals surface area contributed by atoms with Gasteiger partial charge in [-0.1, -0.05) is 11.6 Å². The number of pyridine rings is 1. The molecule has 3 rings (SSSR count). The van der Waals surface area contributed by atoms with Gasteiger partial charge in [-0.2, -0.15) is 0 Å². The van der Waals surface area contributed by atoms with Crippen LogP contribution in [0.5, 0.6) is 0 Å². The molecule has 3 N–H and O–H groups in total. The summed E-state index contributed by atoms with van der Waals surface area (Å²) in [7, 11) is 0. The van der Waals surface area contributed by atoms with Gasteiger partial charge in [0.05, 0.1) is 16.2 Å². The van der Waals surface area contributed by atoms with E-state index in [0.29, 0.717) is 11.4 Å². The third-order valence-electron chi connectivity index (χ3n) is 3.00. The van der Waals surface area contributed by atoms with Crippen molar-refractivity contribution in [3.8, 4) is 0 Å². The van der Waals surface area contributed by atoms with E-state index in [2.05, 4.69) is 10.3 Å². The molecule has 0 aliphatic rings. The lowest BCUT2D eigenvalue weighted by Gasteiger charge is -2.11. The first-order valence-electron chi connectivity index (χ1n) is 6.00. The summed E-state index contributed by atoms with van der Waals surface area (Å²) in [6, 6.07) is 11.9. The zero-order valence-electron chi connectivity index (χ0n) is 10.4. The van der Waals surface area contributed by atoms with Crippen LogP contribution in [0.25, 0.3) is 10.9 Å². The number of rotatable bonds is 2. The van der Waals surface area contributed by atoms with E-state index in [-0.39, 0.29) is 5.02 Å². The maximum absolute atomic E-state index is 13.2. The molecular weight excluding hydrogens is 277 g/mol. The van der Waals surface area contributed by atoms with Crippen molar-refractivity contribution in [2.24, 2.45) is 0 Å². The second-order valence-corrected chi connectivity index (χ2v) is 4.76. The number of hydrogen-bond acceptors (Lipinski definition) is 3. The fourth-order valence-corrected chi connectivity index (χ4v) is 2.21. The monoisotopic (exact) mass is 287 g/mol. The fraction of sp³-hybridized carbons (Fsp3) is 0. The molecule has 0 amide bonds. The maximum Gasteiger partial charge on any atom is 0.141 e. The van der Waals surface area contributed by atoms with Crippen LogP contribution in [0.15, 0.2) is 48.7 Å². The molecule has 0 bridgehead atoms. The summed E-state index contributed by atoms with van der Waals surface area (Å²) in [4.78, 5) is 4.26. The molecule has 0 fully saturated rings. The van der Waals surface area contributed by atoms with Crippen LogP contribution in [0.2, 0.25) is 5.02 Å². The van der Waals surface area contributed by atoms with Gasteiger partial charge in [0.1, 0.15) is 5.82 Å². The molecule has 5 heteroatoms. The third-order valence-corrected chi connectivity index (χ3v) is 3.29. The molecule has 2 aromatic carbocycles. The molecule has 20 heavy (non-hydrogen) atoms. The molecule has 0 saturated carbocycles. The van der Waals surface area contributed by atoms with Crippen molar-refractivity contribution >= 4 is 39.6 Å². The number of fused-ring (bicyclic) bond motifs is 1. The van der Waals surface area contributed by atoms with E-state index < -0.39 is 5.82 Å². The first kappa shape index (κ1) is 12.7. The van der Waals surface area contributed by atoms with Crippen molar-refractivity contribution in [3.63, 3.8) is 0 Å². The van der Waals surface area contributed by atoms with Crippen molar-refractivity contribution in [2.45, 2.75) is 0 Å². The standard InChI is InChI=1S/C15H11ClFN3/c16-11-8-9(3-4-12(11)17)20-14-6-5-13(18)15-10(14)2-1-7-19-15/h1-8,20H,18H2. The summed E-state index contributed by atoms with van der Waals surface area (Å²) in [5.74, 6) is -0.443. The summed E-state index contributed by atoms with van der Waals surface area (Å²) in [6.45, 7) is 0. The normalized spacial score (nSPS) is 10.7. The van der Waals surface area contributed by atoms with E-state index in [4.69, 9.17) is 17.3 Å². The summed E-state index contributed by atoms with van der Waals surface area (Å²) in [6.07, 6.45) is 1.69. The Labute approximate surface area is 120 Å². The van der Waals surface area contributed by atoms with Gasteiger partial charge < -0.3 is 11.1 Å². The molecule has 1 aromatic heterocycles. The minimum absolute atomic E-state index is 0.0767. The summed E-state index contributed by atoms with van der Waals surface area (Å²) in [5, 5.41) is 4.17. The second kappa shape index (κ2) is 4.98. The fourth-order valence-electron chi connectivity index (χ4n) is 2.03. The highest BCUT2D eigenvalue weighted by atomic mass is 35.5. The van der Waals surface area contributed by atoms with Crippen molar-refractivity contribution < 1.29 is 4.39 Å². The lowest BCUT2D eigenvalue weighted by Crippen LogP contribution is -1.95. The molecule has 0 aliphatic carbocycles. The number of nitrogen functional groups attached to an aromatic ring is 1. The van der Waals surface area contributed by atoms with Crippen LogP contribution in [0, 0.1) is 5.82 Å². The van der Waals surface area contributed by atoms with Gasteiger partial charge in [-0.25, -0.2) is 4.39 Å². The Balaban J connectivity index is 2.06. The van der Waals surface area contributed by atoms with Crippen molar-refractivity contribution in [1.29, 1.82) is 0 Å². The molecular formula is C15H11ClFN3. The number of aromatic nitrogens is 1. The molecule has 0 unspecified atom stereocenters. The number of nitrogens with one attached hydrogen (secondary N) is 1. The Kier molecular flexibility index (Phi) is 3.16. The second-order valence-electron chi connectivity index (χ2n) is 4.36. The summed E-state index contributed by atoms with van der Waals surface area (Å²) in [5.41, 5.74) is 8.78. The quantitative estimate of drug-likeness (QED) is 0.689. The Morgan fingerprint density at radius 2 is 2.00 bits per heavy atom. The van der Waals surface area contributed by atoms with Gasteiger partial charge in [-0.15, -0.1) is 0 Å². The Hall–Kier alpha value is -2.33.